The molecular weight excluding hydrogens is 234 g/mol. The molecule has 0 bridgehead atoms. The standard InChI is InChI=1S/C8H11N3O4S/c1-2-5-10-8(16-11-5)9-4(7(14)15)3-6(12)13/h4H,2-3H2,1H3,(H,12,13)(H,14,15)(H,9,10,11). The summed E-state index contributed by atoms with van der Waals surface area (Å²) in [5, 5.41) is 20.2. The van der Waals surface area contributed by atoms with Crippen molar-refractivity contribution in [3.63, 3.8) is 0 Å². The third kappa shape index (κ3) is 3.46. The summed E-state index contributed by atoms with van der Waals surface area (Å²) in [4.78, 5) is 25.2. The lowest BCUT2D eigenvalue weighted by Gasteiger charge is -2.09. The number of carboxylic acids is 2. The molecule has 0 saturated carbocycles. The fourth-order valence-corrected chi connectivity index (χ4v) is 1.68. The van der Waals surface area contributed by atoms with Crippen LogP contribution in [0.3, 0.4) is 0 Å². The van der Waals surface area contributed by atoms with Crippen molar-refractivity contribution in [1.29, 1.82) is 0 Å². The maximum Gasteiger partial charge on any atom is 0.326 e. The lowest BCUT2D eigenvalue weighted by Crippen LogP contribution is -2.31. The van der Waals surface area contributed by atoms with Crippen molar-refractivity contribution in [1.82, 2.24) is 9.36 Å². The molecule has 1 atom stereocenters. The van der Waals surface area contributed by atoms with E-state index >= 15 is 0 Å². The van der Waals surface area contributed by atoms with Crippen molar-refractivity contribution in [3.05, 3.63) is 5.82 Å². The first-order valence-corrected chi connectivity index (χ1v) is 5.34. The summed E-state index contributed by atoms with van der Waals surface area (Å²) in [5.41, 5.74) is 0. The summed E-state index contributed by atoms with van der Waals surface area (Å²) in [7, 11) is 0. The zero-order valence-corrected chi connectivity index (χ0v) is 9.32. The van der Waals surface area contributed by atoms with Crippen molar-refractivity contribution in [2.45, 2.75) is 25.8 Å². The van der Waals surface area contributed by atoms with Gasteiger partial charge in [-0.15, -0.1) is 0 Å². The van der Waals surface area contributed by atoms with Gasteiger partial charge in [0.2, 0.25) is 5.13 Å². The summed E-state index contributed by atoms with van der Waals surface area (Å²) in [6.45, 7) is 1.87. The predicted molar refractivity (Wildman–Crippen MR) is 56.6 cm³/mol. The molecule has 0 aliphatic rings. The number of nitrogens with one attached hydrogen (secondary N) is 1. The fraction of sp³-hybridized carbons (Fsp3) is 0.500. The molecule has 0 spiro atoms. The van der Waals surface area contributed by atoms with E-state index in [1.54, 1.807) is 0 Å². The molecule has 1 rings (SSSR count). The molecule has 1 unspecified atom stereocenters. The van der Waals surface area contributed by atoms with Gasteiger partial charge in [-0.05, 0) is 0 Å². The number of rotatable bonds is 6. The van der Waals surface area contributed by atoms with E-state index in [4.69, 9.17) is 10.2 Å². The molecule has 0 radical (unpaired) electrons. The Morgan fingerprint density at radius 2 is 2.19 bits per heavy atom. The number of aryl methyl sites for hydroxylation is 1. The van der Waals surface area contributed by atoms with Crippen molar-refractivity contribution in [2.24, 2.45) is 0 Å². The number of carboxylic acid groups (broad SMARTS) is 2. The van der Waals surface area contributed by atoms with Crippen LogP contribution in [0.2, 0.25) is 0 Å². The zero-order valence-electron chi connectivity index (χ0n) is 8.51. The first-order valence-electron chi connectivity index (χ1n) is 4.56. The number of aromatic nitrogens is 2. The van der Waals surface area contributed by atoms with Crippen LogP contribution in [0.5, 0.6) is 0 Å². The first kappa shape index (κ1) is 12.4. The molecule has 0 aromatic carbocycles. The van der Waals surface area contributed by atoms with Gasteiger partial charge in [0.15, 0.2) is 0 Å². The molecule has 1 aromatic rings. The van der Waals surface area contributed by atoms with Gasteiger partial charge in [0.25, 0.3) is 0 Å². The van der Waals surface area contributed by atoms with Crippen LogP contribution < -0.4 is 5.32 Å². The summed E-state index contributed by atoms with van der Waals surface area (Å²) in [6, 6.07) is -1.19. The van der Waals surface area contributed by atoms with Gasteiger partial charge in [-0.2, -0.15) is 4.37 Å². The highest BCUT2D eigenvalue weighted by Crippen LogP contribution is 2.13. The van der Waals surface area contributed by atoms with E-state index in [-0.39, 0.29) is 0 Å². The van der Waals surface area contributed by atoms with Crippen LogP contribution in [0.15, 0.2) is 0 Å². The van der Waals surface area contributed by atoms with E-state index < -0.39 is 24.4 Å². The molecule has 88 valence electrons. The first-order chi connectivity index (χ1) is 7.52. The number of nitrogens with zero attached hydrogens (tertiary/aromatic N) is 2. The Balaban J connectivity index is 2.67. The van der Waals surface area contributed by atoms with E-state index in [9.17, 15) is 9.59 Å². The van der Waals surface area contributed by atoms with Gasteiger partial charge in [0, 0.05) is 18.0 Å². The highest BCUT2D eigenvalue weighted by atomic mass is 32.1. The third-order valence-corrected chi connectivity index (χ3v) is 2.44. The topological polar surface area (TPSA) is 112 Å². The normalized spacial score (nSPS) is 12.1. The highest BCUT2D eigenvalue weighted by Gasteiger charge is 2.22. The van der Waals surface area contributed by atoms with Gasteiger partial charge in [0.1, 0.15) is 11.9 Å². The van der Waals surface area contributed by atoms with E-state index in [1.807, 2.05) is 6.92 Å². The molecule has 7 nitrogen and oxygen atoms in total. The molecule has 1 heterocycles. The van der Waals surface area contributed by atoms with Crippen LogP contribution in [-0.2, 0) is 16.0 Å². The average molecular weight is 245 g/mol. The second kappa shape index (κ2) is 5.40. The van der Waals surface area contributed by atoms with Crippen LogP contribution in [0, 0.1) is 0 Å². The van der Waals surface area contributed by atoms with Gasteiger partial charge in [-0.3, -0.25) is 4.79 Å². The maximum absolute atomic E-state index is 10.7. The molecule has 0 aliphatic carbocycles. The molecule has 8 heteroatoms. The number of anilines is 1. The zero-order chi connectivity index (χ0) is 12.1. The minimum absolute atomic E-state index is 0.325. The summed E-state index contributed by atoms with van der Waals surface area (Å²) < 4.78 is 3.95. The SMILES string of the molecule is CCc1nsc(NC(CC(=O)O)C(=O)O)n1. The molecule has 0 saturated heterocycles. The Morgan fingerprint density at radius 3 is 2.62 bits per heavy atom. The van der Waals surface area contributed by atoms with Crippen LogP contribution in [-0.4, -0.2) is 37.6 Å². The molecular formula is C8H11N3O4S. The van der Waals surface area contributed by atoms with Gasteiger partial charge in [-0.1, -0.05) is 6.92 Å². The molecule has 0 aliphatic heterocycles. The second-order valence-electron chi connectivity index (χ2n) is 3.00. The second-order valence-corrected chi connectivity index (χ2v) is 3.75. The van der Waals surface area contributed by atoms with Gasteiger partial charge >= 0.3 is 11.9 Å². The van der Waals surface area contributed by atoms with Gasteiger partial charge in [-0.25, -0.2) is 9.78 Å². The van der Waals surface area contributed by atoms with Crippen LogP contribution in [0.4, 0.5) is 5.13 Å². The number of hydrogen-bond donors (Lipinski definition) is 3. The monoisotopic (exact) mass is 245 g/mol. The minimum Gasteiger partial charge on any atom is -0.481 e. The third-order valence-electron chi connectivity index (χ3n) is 1.76. The predicted octanol–water partition coefficient (Wildman–Crippen LogP) is 0.440. The maximum atomic E-state index is 10.7. The van der Waals surface area contributed by atoms with E-state index in [0.717, 1.165) is 11.5 Å². The largest absolute Gasteiger partial charge is 0.481 e. The van der Waals surface area contributed by atoms with E-state index in [1.165, 1.54) is 0 Å². The van der Waals surface area contributed by atoms with Crippen molar-refractivity contribution in [2.75, 3.05) is 5.32 Å². The van der Waals surface area contributed by atoms with Crippen LogP contribution in [0.1, 0.15) is 19.2 Å². The van der Waals surface area contributed by atoms with E-state index in [0.29, 0.717) is 17.4 Å². The average Bonchev–Trinajstić information content (AvgIpc) is 2.63. The van der Waals surface area contributed by atoms with Gasteiger partial charge < -0.3 is 15.5 Å². The Labute approximate surface area is 95.3 Å². The van der Waals surface area contributed by atoms with Crippen molar-refractivity contribution < 1.29 is 19.8 Å². The van der Waals surface area contributed by atoms with Crippen LogP contribution in [0.25, 0.3) is 0 Å². The highest BCUT2D eigenvalue weighted by molar-refractivity contribution is 7.09. The summed E-state index contributed by atoms with van der Waals surface area (Å²) in [6.07, 6.45) is 0.144. The van der Waals surface area contributed by atoms with Crippen molar-refractivity contribution in [3.8, 4) is 0 Å². The number of carbonyl (C=O) groups is 2. The lowest BCUT2D eigenvalue weighted by molar-refractivity contribution is -0.144. The smallest absolute Gasteiger partial charge is 0.326 e. The summed E-state index contributed by atoms with van der Waals surface area (Å²) >= 11 is 1.02. The van der Waals surface area contributed by atoms with Crippen molar-refractivity contribution >= 4 is 28.6 Å². The van der Waals surface area contributed by atoms with Gasteiger partial charge in [0.05, 0.1) is 6.42 Å². The minimum atomic E-state index is -1.23. The fourth-order valence-electron chi connectivity index (χ4n) is 0.980. The molecule has 16 heavy (non-hydrogen) atoms. The number of hydrogen-bond acceptors (Lipinski definition) is 6. The Morgan fingerprint density at radius 1 is 1.50 bits per heavy atom. The number of aliphatic carboxylic acids is 2. The molecule has 1 aromatic heterocycles. The Bertz CT molecular complexity index is 392. The quantitative estimate of drug-likeness (QED) is 0.666. The Kier molecular flexibility index (Phi) is 4.18. The lowest BCUT2D eigenvalue weighted by atomic mass is 10.2. The molecule has 3 N–H and O–H groups in total. The molecule has 0 amide bonds. The van der Waals surface area contributed by atoms with E-state index in [2.05, 4.69) is 14.7 Å². The van der Waals surface area contributed by atoms with Crippen LogP contribution >= 0.6 is 11.5 Å². The molecule has 0 fully saturated rings. The Hall–Kier alpha value is -1.70. The summed E-state index contributed by atoms with van der Waals surface area (Å²) in [5.74, 6) is -1.80.